The van der Waals surface area contributed by atoms with Crippen molar-refractivity contribution in [3.63, 3.8) is 0 Å². The first kappa shape index (κ1) is 43.6. The van der Waals surface area contributed by atoms with Gasteiger partial charge in [-0.3, -0.25) is 4.79 Å². The lowest BCUT2D eigenvalue weighted by molar-refractivity contribution is -0.386. The molecular weight excluding hydrogens is 732 g/mol. The highest BCUT2D eigenvalue weighted by Gasteiger charge is 2.60. The van der Waals surface area contributed by atoms with Crippen LogP contribution in [0.2, 0.25) is 0 Å². The third kappa shape index (κ3) is 9.97. The molecule has 3 aliphatic heterocycles. The van der Waals surface area contributed by atoms with Gasteiger partial charge >= 0.3 is 5.97 Å². The Morgan fingerprint density at radius 3 is 2.22 bits per heavy atom. The van der Waals surface area contributed by atoms with Gasteiger partial charge in [0.2, 0.25) is 5.91 Å². The number of nitrogens with zero attached hydrogens (tertiary/aromatic N) is 3. The van der Waals surface area contributed by atoms with E-state index in [1.54, 1.807) is 30.3 Å². The van der Waals surface area contributed by atoms with Gasteiger partial charge in [-0.2, -0.15) is 0 Å². The fraction of sp³-hybridized carbons (Fsp3) is 0.742. The Balaban J connectivity index is 1.58. The number of hydrogen-bond acceptors (Lipinski definition) is 19. The zero-order valence-electron chi connectivity index (χ0n) is 28.5. The summed E-state index contributed by atoms with van der Waals surface area (Å²) in [5, 5.41) is 122. The molecule has 0 saturated carbocycles. The molecule has 3 fully saturated rings. The van der Waals surface area contributed by atoms with E-state index < -0.39 is 136 Å². The number of nitrogens with one attached hydrogen (secondary N) is 1. The largest absolute Gasteiger partial charge is 0.477 e. The van der Waals surface area contributed by atoms with Crippen LogP contribution >= 0.6 is 0 Å². The van der Waals surface area contributed by atoms with Gasteiger partial charge in [0.15, 0.2) is 12.6 Å². The second kappa shape index (κ2) is 19.6. The minimum atomic E-state index is -3.08. The van der Waals surface area contributed by atoms with Gasteiger partial charge < -0.3 is 89.9 Å². The second-order valence-corrected chi connectivity index (χ2v) is 12.8. The number of aliphatic hydroxyl groups is 10. The van der Waals surface area contributed by atoms with Crippen molar-refractivity contribution in [2.24, 2.45) is 5.11 Å². The summed E-state index contributed by atoms with van der Waals surface area (Å²) in [5.41, 5.74) is 8.97. The van der Waals surface area contributed by atoms with Crippen LogP contribution in [0.15, 0.2) is 35.4 Å². The predicted octanol–water partition coefficient (Wildman–Crippen LogP) is -5.67. The Bertz CT molecular complexity index is 1410. The molecule has 0 bridgehead atoms. The smallest absolute Gasteiger partial charge is 0.364 e. The van der Waals surface area contributed by atoms with E-state index in [1.807, 2.05) is 0 Å². The van der Waals surface area contributed by atoms with Crippen molar-refractivity contribution in [1.29, 1.82) is 0 Å². The number of hydrogen-bond donors (Lipinski definition) is 12. The molecule has 0 spiro atoms. The third-order valence-electron chi connectivity index (χ3n) is 9.15. The summed E-state index contributed by atoms with van der Waals surface area (Å²) in [4.78, 5) is 28.4. The number of aliphatic hydroxyl groups excluding tert-OH is 10. The monoisotopic (exact) mass is 778 g/mol. The SMILES string of the molecule is [N-]=[N+]=NCCO[C@@H]1OC(CO)[C@@H](O[C@@H]2OC(CO)[C@H](O)C(O[C@]3(C(=O)O)C[C@@H](O)[C@@H](NC(=O)Cc4ccccc4)C([C@H](O)[C@H](O)CO)O3)[C@@H]2O)C(O)[C@@H]1O. The number of benzene rings is 1. The van der Waals surface area contributed by atoms with Crippen molar-refractivity contribution >= 4 is 11.9 Å². The zero-order valence-corrected chi connectivity index (χ0v) is 28.5. The normalized spacial score (nSPS) is 38.1. The van der Waals surface area contributed by atoms with Gasteiger partial charge in [-0.25, -0.2) is 4.79 Å². The van der Waals surface area contributed by atoms with Crippen molar-refractivity contribution in [2.75, 3.05) is 33.0 Å². The standard InChI is InChI=1S/C31H46N4O19/c32-35-33-6-7-49-28-23(45)22(44)25(17(12-38)51-28)52-29-24(46)27(21(43)16(11-37)50-29)54-31(30(47)48)9-14(39)19(26(53-31)20(42)15(40)10-36)34-18(41)8-13-4-2-1-3-5-13/h1-5,14-17,19-29,36-40,42-46H,6-12H2,(H,34,41)(H,47,48)/t14-,15-,16?,17?,19-,20-,21+,22?,23+,24+,25-,26?,27?,28-,29+,31+/m1/s1. The lowest BCUT2D eigenvalue weighted by atomic mass is 9.88. The summed E-state index contributed by atoms with van der Waals surface area (Å²) in [6, 6.07) is 6.71. The van der Waals surface area contributed by atoms with Crippen LogP contribution < -0.4 is 5.32 Å². The highest BCUT2D eigenvalue weighted by Crippen LogP contribution is 2.38. The molecule has 3 aliphatic rings. The van der Waals surface area contributed by atoms with Crippen LogP contribution in [0.5, 0.6) is 0 Å². The molecule has 54 heavy (non-hydrogen) atoms. The number of carboxylic acids is 1. The lowest BCUT2D eigenvalue weighted by Gasteiger charge is -2.50. The van der Waals surface area contributed by atoms with Gasteiger partial charge in [-0.1, -0.05) is 35.4 Å². The summed E-state index contributed by atoms with van der Waals surface area (Å²) < 4.78 is 33.2. The van der Waals surface area contributed by atoms with Gasteiger partial charge in [0, 0.05) is 17.9 Å². The van der Waals surface area contributed by atoms with E-state index in [0.29, 0.717) is 5.56 Å². The highest BCUT2D eigenvalue weighted by atomic mass is 16.8. The first-order chi connectivity index (χ1) is 25.7. The van der Waals surface area contributed by atoms with Crippen LogP contribution in [0.1, 0.15) is 12.0 Å². The Kier molecular flexibility index (Phi) is 15.8. The average molecular weight is 779 g/mol. The van der Waals surface area contributed by atoms with Crippen molar-refractivity contribution in [3.05, 3.63) is 46.3 Å². The molecule has 3 heterocycles. The molecule has 3 saturated heterocycles. The zero-order chi connectivity index (χ0) is 39.7. The van der Waals surface area contributed by atoms with Gasteiger partial charge in [0.25, 0.3) is 5.79 Å². The number of carbonyl (C=O) groups excluding carboxylic acids is 1. The molecule has 23 heteroatoms. The average Bonchev–Trinajstić information content (AvgIpc) is 3.15. The van der Waals surface area contributed by atoms with E-state index >= 15 is 0 Å². The van der Waals surface area contributed by atoms with E-state index in [0.717, 1.165) is 0 Å². The molecule has 0 aromatic heterocycles. The first-order valence-corrected chi connectivity index (χ1v) is 16.8. The van der Waals surface area contributed by atoms with Gasteiger partial charge in [-0.05, 0) is 11.1 Å². The fourth-order valence-electron chi connectivity index (χ4n) is 6.32. The summed E-state index contributed by atoms with van der Waals surface area (Å²) in [5.74, 6) is -5.77. The van der Waals surface area contributed by atoms with Crippen molar-refractivity contribution in [3.8, 4) is 0 Å². The maximum atomic E-state index is 13.0. The fourth-order valence-corrected chi connectivity index (χ4v) is 6.32. The van der Waals surface area contributed by atoms with Crippen molar-refractivity contribution < 1.29 is 94.2 Å². The number of carbonyl (C=O) groups is 2. The van der Waals surface area contributed by atoms with Crippen LogP contribution in [0, 0.1) is 0 Å². The lowest BCUT2D eigenvalue weighted by Crippen LogP contribution is -2.71. The molecule has 4 rings (SSSR count). The molecule has 0 radical (unpaired) electrons. The number of rotatable bonds is 17. The van der Waals surface area contributed by atoms with Crippen LogP contribution in [0.25, 0.3) is 10.4 Å². The molecular formula is C31H46N4O19. The third-order valence-corrected chi connectivity index (χ3v) is 9.15. The molecule has 1 aromatic rings. The summed E-state index contributed by atoms with van der Waals surface area (Å²) in [7, 11) is 0. The summed E-state index contributed by atoms with van der Waals surface area (Å²) >= 11 is 0. The topological polar surface area (TPSA) is 373 Å². The number of carboxylic acid groups (broad SMARTS) is 1. The molecule has 16 atom stereocenters. The minimum absolute atomic E-state index is 0.166. The Morgan fingerprint density at radius 1 is 0.944 bits per heavy atom. The molecule has 0 aliphatic carbocycles. The number of ether oxygens (including phenoxy) is 6. The summed E-state index contributed by atoms with van der Waals surface area (Å²) in [6.07, 6.45) is -28.0. The predicted molar refractivity (Wildman–Crippen MR) is 172 cm³/mol. The van der Waals surface area contributed by atoms with Crippen LogP contribution in [-0.2, 0) is 44.4 Å². The summed E-state index contributed by atoms with van der Waals surface area (Å²) in [6.45, 7) is -3.34. The van der Waals surface area contributed by atoms with E-state index in [-0.39, 0.29) is 19.6 Å². The van der Waals surface area contributed by atoms with Gasteiger partial charge in [0.05, 0.1) is 45.0 Å². The van der Waals surface area contributed by atoms with Crippen LogP contribution in [-0.4, -0.2) is 199 Å². The maximum Gasteiger partial charge on any atom is 0.364 e. The first-order valence-electron chi connectivity index (χ1n) is 16.8. The minimum Gasteiger partial charge on any atom is -0.477 e. The Labute approximate surface area is 306 Å². The van der Waals surface area contributed by atoms with Gasteiger partial charge in [0.1, 0.15) is 67.1 Å². The van der Waals surface area contributed by atoms with Crippen LogP contribution in [0.4, 0.5) is 0 Å². The Morgan fingerprint density at radius 2 is 1.61 bits per heavy atom. The number of azide groups is 1. The second-order valence-electron chi connectivity index (χ2n) is 12.8. The quantitative estimate of drug-likeness (QED) is 0.0303. The van der Waals surface area contributed by atoms with E-state index in [1.165, 1.54) is 0 Å². The highest BCUT2D eigenvalue weighted by molar-refractivity contribution is 5.79. The maximum absolute atomic E-state index is 13.0. The molecule has 1 amide bonds. The van der Waals surface area contributed by atoms with Crippen molar-refractivity contribution in [2.45, 2.75) is 110 Å². The molecule has 1 aromatic carbocycles. The number of aliphatic carboxylic acids is 1. The van der Waals surface area contributed by atoms with E-state index in [2.05, 4.69) is 15.3 Å². The van der Waals surface area contributed by atoms with E-state index in [4.69, 9.17) is 34.0 Å². The molecule has 23 nitrogen and oxygen atoms in total. The van der Waals surface area contributed by atoms with Gasteiger partial charge in [-0.15, -0.1) is 0 Å². The molecule has 12 N–H and O–H groups in total. The van der Waals surface area contributed by atoms with Crippen molar-refractivity contribution in [1.82, 2.24) is 5.32 Å². The number of amides is 1. The van der Waals surface area contributed by atoms with E-state index in [9.17, 15) is 65.8 Å². The Hall–Kier alpha value is -3.17. The van der Waals surface area contributed by atoms with Crippen LogP contribution in [0.3, 0.4) is 0 Å². The molecule has 5 unspecified atom stereocenters. The molecule has 304 valence electrons.